The van der Waals surface area contributed by atoms with Crippen molar-refractivity contribution in [2.45, 2.75) is 30.7 Å². The van der Waals surface area contributed by atoms with Crippen molar-refractivity contribution in [1.82, 2.24) is 15.0 Å². The third-order valence-electron chi connectivity index (χ3n) is 4.32. The molecule has 2 heterocycles. The zero-order valence-electron chi connectivity index (χ0n) is 15.1. The summed E-state index contributed by atoms with van der Waals surface area (Å²) in [5.74, 6) is 1.25. The number of thioether (sulfide) groups is 1. The molecular formula is C21H19N3OS2. The monoisotopic (exact) mass is 393 g/mol. The second kappa shape index (κ2) is 7.66. The van der Waals surface area contributed by atoms with Crippen LogP contribution in [0.25, 0.3) is 21.5 Å². The topological polar surface area (TPSA) is 58.6 Å². The standard InChI is InChI=1S/C21H19N3OS2/c1-13(2)14-7-9-15(10-8-14)20-22-11-16(27-20)12-26-21-23-18-6-4-3-5-17(18)19(25)24-21/h3-11,13H,12H2,1-2H3,(H,23,24,25). The second-order valence-electron chi connectivity index (χ2n) is 6.59. The lowest BCUT2D eigenvalue weighted by Crippen LogP contribution is -2.08. The fourth-order valence-corrected chi connectivity index (χ4v) is 4.60. The number of fused-ring (bicyclic) bond motifs is 1. The summed E-state index contributed by atoms with van der Waals surface area (Å²) >= 11 is 3.20. The summed E-state index contributed by atoms with van der Waals surface area (Å²) in [4.78, 5) is 25.3. The highest BCUT2D eigenvalue weighted by atomic mass is 32.2. The van der Waals surface area contributed by atoms with Gasteiger partial charge in [0.1, 0.15) is 5.01 Å². The highest BCUT2D eigenvalue weighted by Gasteiger charge is 2.08. The van der Waals surface area contributed by atoms with Crippen LogP contribution in [0.5, 0.6) is 0 Å². The average molecular weight is 394 g/mol. The molecule has 27 heavy (non-hydrogen) atoms. The molecule has 0 amide bonds. The fourth-order valence-electron chi connectivity index (χ4n) is 2.79. The Kier molecular flexibility index (Phi) is 5.09. The number of hydrogen-bond donors (Lipinski definition) is 1. The highest BCUT2D eigenvalue weighted by Crippen LogP contribution is 2.30. The van der Waals surface area contributed by atoms with Crippen molar-refractivity contribution in [3.63, 3.8) is 0 Å². The Bertz CT molecular complexity index is 1130. The fraction of sp³-hybridized carbons (Fsp3) is 0.190. The van der Waals surface area contributed by atoms with E-state index >= 15 is 0 Å². The van der Waals surface area contributed by atoms with E-state index in [4.69, 9.17) is 0 Å². The number of aromatic amines is 1. The Morgan fingerprint density at radius 2 is 1.89 bits per heavy atom. The van der Waals surface area contributed by atoms with Gasteiger partial charge in [-0.15, -0.1) is 11.3 Å². The van der Waals surface area contributed by atoms with Crippen molar-refractivity contribution < 1.29 is 0 Å². The van der Waals surface area contributed by atoms with Gasteiger partial charge in [-0.3, -0.25) is 4.79 Å². The van der Waals surface area contributed by atoms with Gasteiger partial charge in [0, 0.05) is 22.4 Å². The number of nitrogens with one attached hydrogen (secondary N) is 1. The summed E-state index contributed by atoms with van der Waals surface area (Å²) in [5, 5.41) is 2.27. The predicted octanol–water partition coefficient (Wildman–Crippen LogP) is 5.46. The molecule has 0 radical (unpaired) electrons. The van der Waals surface area contributed by atoms with Gasteiger partial charge in [0.05, 0.1) is 10.9 Å². The lowest BCUT2D eigenvalue weighted by molar-refractivity contribution is 0.867. The zero-order valence-corrected chi connectivity index (χ0v) is 16.7. The summed E-state index contributed by atoms with van der Waals surface area (Å²) in [6.45, 7) is 4.39. The van der Waals surface area contributed by atoms with Gasteiger partial charge in [0.15, 0.2) is 5.16 Å². The van der Waals surface area contributed by atoms with Crippen molar-refractivity contribution in [1.29, 1.82) is 0 Å². The molecule has 136 valence electrons. The minimum Gasteiger partial charge on any atom is -0.301 e. The first-order valence-corrected chi connectivity index (χ1v) is 10.6. The van der Waals surface area contributed by atoms with Crippen LogP contribution in [0.2, 0.25) is 0 Å². The van der Waals surface area contributed by atoms with Gasteiger partial charge in [-0.2, -0.15) is 0 Å². The highest BCUT2D eigenvalue weighted by molar-refractivity contribution is 7.98. The summed E-state index contributed by atoms with van der Waals surface area (Å²) in [7, 11) is 0. The minimum absolute atomic E-state index is 0.0988. The zero-order chi connectivity index (χ0) is 18.8. The van der Waals surface area contributed by atoms with Crippen LogP contribution < -0.4 is 5.56 Å². The number of nitrogens with zero attached hydrogens (tertiary/aromatic N) is 2. The van der Waals surface area contributed by atoms with Crippen LogP contribution in [-0.4, -0.2) is 15.0 Å². The van der Waals surface area contributed by atoms with E-state index in [9.17, 15) is 4.79 Å². The molecule has 4 aromatic rings. The van der Waals surface area contributed by atoms with Crippen LogP contribution in [0, 0.1) is 0 Å². The lowest BCUT2D eigenvalue weighted by atomic mass is 10.0. The molecule has 0 unspecified atom stereocenters. The molecule has 2 aromatic heterocycles. The van der Waals surface area contributed by atoms with E-state index in [0.29, 0.717) is 16.5 Å². The van der Waals surface area contributed by atoms with Crippen LogP contribution in [0.15, 0.2) is 64.7 Å². The molecule has 4 rings (SSSR count). The molecule has 4 nitrogen and oxygen atoms in total. The molecule has 2 aromatic carbocycles. The molecule has 0 aliphatic rings. The van der Waals surface area contributed by atoms with Gasteiger partial charge in [0.2, 0.25) is 0 Å². The van der Waals surface area contributed by atoms with Crippen molar-refractivity contribution in [3.8, 4) is 10.6 Å². The Morgan fingerprint density at radius 3 is 2.67 bits per heavy atom. The third kappa shape index (κ3) is 3.96. The second-order valence-corrected chi connectivity index (χ2v) is 8.66. The quantitative estimate of drug-likeness (QED) is 0.361. The maximum atomic E-state index is 12.2. The normalized spacial score (nSPS) is 11.4. The minimum atomic E-state index is -0.0988. The van der Waals surface area contributed by atoms with Gasteiger partial charge in [0.25, 0.3) is 5.56 Å². The van der Waals surface area contributed by atoms with Crippen LogP contribution >= 0.6 is 23.1 Å². The van der Waals surface area contributed by atoms with Crippen LogP contribution in [0.4, 0.5) is 0 Å². The lowest BCUT2D eigenvalue weighted by Gasteiger charge is -2.05. The van der Waals surface area contributed by atoms with Crippen LogP contribution in [0.3, 0.4) is 0 Å². The third-order valence-corrected chi connectivity index (χ3v) is 6.47. The maximum Gasteiger partial charge on any atom is 0.259 e. The van der Waals surface area contributed by atoms with Gasteiger partial charge in [-0.1, -0.05) is 62.0 Å². The molecule has 0 atom stereocenters. The molecule has 0 saturated heterocycles. The number of H-pyrrole nitrogens is 1. The van der Waals surface area contributed by atoms with E-state index in [-0.39, 0.29) is 5.56 Å². The number of aromatic nitrogens is 3. The Hall–Kier alpha value is -2.44. The Morgan fingerprint density at radius 1 is 1.11 bits per heavy atom. The molecular weight excluding hydrogens is 374 g/mol. The molecule has 6 heteroatoms. The molecule has 0 saturated carbocycles. The Labute approximate surface area is 165 Å². The van der Waals surface area contributed by atoms with Crippen LogP contribution in [-0.2, 0) is 5.75 Å². The molecule has 0 fully saturated rings. The number of thiazole rings is 1. The molecule has 0 aliphatic carbocycles. The average Bonchev–Trinajstić information content (AvgIpc) is 3.15. The van der Waals surface area contributed by atoms with Crippen molar-refractivity contribution >= 4 is 34.0 Å². The van der Waals surface area contributed by atoms with E-state index in [0.717, 1.165) is 26.7 Å². The number of benzene rings is 2. The number of rotatable bonds is 5. The Balaban J connectivity index is 1.49. The van der Waals surface area contributed by atoms with E-state index in [2.05, 4.69) is 53.1 Å². The number of hydrogen-bond acceptors (Lipinski definition) is 5. The van der Waals surface area contributed by atoms with Crippen molar-refractivity contribution in [2.24, 2.45) is 0 Å². The summed E-state index contributed by atoms with van der Waals surface area (Å²) < 4.78 is 0. The maximum absolute atomic E-state index is 12.2. The first-order valence-electron chi connectivity index (χ1n) is 8.77. The van der Waals surface area contributed by atoms with E-state index in [1.807, 2.05) is 24.4 Å². The van der Waals surface area contributed by atoms with Gasteiger partial charge < -0.3 is 4.98 Å². The molecule has 1 N–H and O–H groups in total. The summed E-state index contributed by atoms with van der Waals surface area (Å²) in [6, 6.07) is 16.0. The summed E-state index contributed by atoms with van der Waals surface area (Å²) in [5.41, 5.74) is 3.09. The van der Waals surface area contributed by atoms with Crippen molar-refractivity contribution in [3.05, 3.63) is 75.5 Å². The first-order chi connectivity index (χ1) is 13.1. The van der Waals surface area contributed by atoms with Crippen molar-refractivity contribution in [2.75, 3.05) is 0 Å². The van der Waals surface area contributed by atoms with Crippen LogP contribution in [0.1, 0.15) is 30.2 Å². The largest absolute Gasteiger partial charge is 0.301 e. The van der Waals surface area contributed by atoms with Gasteiger partial charge >= 0.3 is 0 Å². The predicted molar refractivity (Wildman–Crippen MR) is 114 cm³/mol. The van der Waals surface area contributed by atoms with Gasteiger partial charge in [-0.05, 0) is 23.6 Å². The molecule has 0 aliphatic heterocycles. The smallest absolute Gasteiger partial charge is 0.259 e. The molecule has 0 bridgehead atoms. The van der Waals surface area contributed by atoms with E-state index in [1.165, 1.54) is 17.3 Å². The SMILES string of the molecule is CC(C)c1ccc(-c2ncc(CSc3nc4ccccc4c(=O)[nH]3)s2)cc1. The van der Waals surface area contributed by atoms with Gasteiger partial charge in [-0.25, -0.2) is 9.97 Å². The molecule has 0 spiro atoms. The summed E-state index contributed by atoms with van der Waals surface area (Å²) in [6.07, 6.45) is 1.91. The van der Waals surface area contributed by atoms with E-state index in [1.54, 1.807) is 17.4 Å². The van der Waals surface area contributed by atoms with E-state index < -0.39 is 0 Å². The number of para-hydroxylation sites is 1. The first kappa shape index (κ1) is 17.9.